The van der Waals surface area contributed by atoms with Gasteiger partial charge in [-0.3, -0.25) is 9.36 Å². The molecule has 0 radical (unpaired) electrons. The van der Waals surface area contributed by atoms with Gasteiger partial charge in [-0.2, -0.15) is 0 Å². The fraction of sp³-hybridized carbons (Fsp3) is 0.250. The molecule has 1 amide bonds. The van der Waals surface area contributed by atoms with E-state index in [0.717, 1.165) is 28.1 Å². The monoisotopic (exact) mass is 486 g/mol. The van der Waals surface area contributed by atoms with Gasteiger partial charge in [0.25, 0.3) is 0 Å². The smallest absolute Gasteiger partial charge is 0.237 e. The average molecular weight is 487 g/mol. The SMILES string of the molecule is Cc1ccc(OCc2nnc(SC(C)C(=O)Nc3c(C)cccc3C)n2Cc2ccccc2)cc1. The first-order valence-electron chi connectivity index (χ1n) is 11.6. The Hall–Kier alpha value is -3.58. The van der Waals surface area contributed by atoms with E-state index in [0.29, 0.717) is 17.5 Å². The fourth-order valence-electron chi connectivity index (χ4n) is 3.67. The lowest BCUT2D eigenvalue weighted by Gasteiger charge is -2.16. The summed E-state index contributed by atoms with van der Waals surface area (Å²) in [5.74, 6) is 1.42. The summed E-state index contributed by atoms with van der Waals surface area (Å²) in [6.45, 7) is 8.80. The summed E-state index contributed by atoms with van der Waals surface area (Å²) in [5.41, 5.74) is 5.24. The van der Waals surface area contributed by atoms with Crippen LogP contribution in [0.1, 0.15) is 35.0 Å². The molecule has 0 spiro atoms. The molecule has 180 valence electrons. The second-order valence-corrected chi connectivity index (χ2v) is 9.90. The van der Waals surface area contributed by atoms with Crippen molar-refractivity contribution in [3.05, 3.63) is 101 Å². The Labute approximate surface area is 210 Å². The number of anilines is 1. The van der Waals surface area contributed by atoms with E-state index in [1.807, 2.05) is 92.9 Å². The summed E-state index contributed by atoms with van der Waals surface area (Å²) in [4.78, 5) is 13.0. The van der Waals surface area contributed by atoms with E-state index in [-0.39, 0.29) is 17.8 Å². The molecule has 1 atom stereocenters. The lowest BCUT2D eigenvalue weighted by atomic mass is 10.1. The number of carbonyl (C=O) groups is 1. The highest BCUT2D eigenvalue weighted by molar-refractivity contribution is 8.00. The van der Waals surface area contributed by atoms with Gasteiger partial charge >= 0.3 is 0 Å². The van der Waals surface area contributed by atoms with E-state index in [9.17, 15) is 4.79 Å². The number of nitrogens with one attached hydrogen (secondary N) is 1. The van der Waals surface area contributed by atoms with Crippen molar-refractivity contribution in [2.24, 2.45) is 0 Å². The van der Waals surface area contributed by atoms with Crippen molar-refractivity contribution in [3.63, 3.8) is 0 Å². The molecule has 3 aromatic carbocycles. The molecule has 7 heteroatoms. The summed E-state index contributed by atoms with van der Waals surface area (Å²) in [5, 5.41) is 12.2. The Morgan fingerprint density at radius 3 is 2.31 bits per heavy atom. The van der Waals surface area contributed by atoms with Gasteiger partial charge in [0, 0.05) is 5.69 Å². The molecule has 4 rings (SSSR count). The number of ether oxygens (including phenoxy) is 1. The highest BCUT2D eigenvalue weighted by Gasteiger charge is 2.21. The molecule has 0 aliphatic rings. The Bertz CT molecular complexity index is 1270. The number of aryl methyl sites for hydroxylation is 3. The van der Waals surface area contributed by atoms with Crippen molar-refractivity contribution in [2.75, 3.05) is 5.32 Å². The molecule has 0 saturated carbocycles. The lowest BCUT2D eigenvalue weighted by Crippen LogP contribution is -2.24. The second-order valence-electron chi connectivity index (χ2n) is 8.59. The zero-order valence-corrected chi connectivity index (χ0v) is 21.3. The molecule has 0 aliphatic carbocycles. The first-order chi connectivity index (χ1) is 16.9. The number of carbonyl (C=O) groups excluding carboxylic acids is 1. The topological polar surface area (TPSA) is 69.0 Å². The Balaban J connectivity index is 1.52. The number of hydrogen-bond acceptors (Lipinski definition) is 5. The summed E-state index contributed by atoms with van der Waals surface area (Å²) >= 11 is 1.39. The largest absolute Gasteiger partial charge is 0.486 e. The van der Waals surface area contributed by atoms with Gasteiger partial charge in [-0.15, -0.1) is 10.2 Å². The van der Waals surface area contributed by atoms with Crippen LogP contribution in [0.2, 0.25) is 0 Å². The summed E-state index contributed by atoms with van der Waals surface area (Å²) in [7, 11) is 0. The number of benzene rings is 3. The Morgan fingerprint density at radius 1 is 0.943 bits per heavy atom. The Kier molecular flexibility index (Phi) is 7.87. The number of nitrogens with zero attached hydrogens (tertiary/aromatic N) is 3. The maximum Gasteiger partial charge on any atom is 0.237 e. The molecule has 35 heavy (non-hydrogen) atoms. The van der Waals surface area contributed by atoms with Crippen molar-refractivity contribution < 1.29 is 9.53 Å². The minimum absolute atomic E-state index is 0.0703. The van der Waals surface area contributed by atoms with Gasteiger partial charge in [0.15, 0.2) is 11.0 Å². The van der Waals surface area contributed by atoms with E-state index in [4.69, 9.17) is 4.74 Å². The van der Waals surface area contributed by atoms with Crippen molar-refractivity contribution in [1.82, 2.24) is 14.8 Å². The molecular formula is C28H30N4O2S. The van der Waals surface area contributed by atoms with Gasteiger partial charge in [0.2, 0.25) is 5.91 Å². The zero-order valence-electron chi connectivity index (χ0n) is 20.5. The minimum atomic E-state index is -0.362. The molecule has 0 saturated heterocycles. The third-order valence-corrected chi connectivity index (χ3v) is 6.83. The van der Waals surface area contributed by atoms with E-state index in [1.54, 1.807) is 0 Å². The van der Waals surface area contributed by atoms with E-state index >= 15 is 0 Å². The van der Waals surface area contributed by atoms with Crippen molar-refractivity contribution in [1.29, 1.82) is 0 Å². The standard InChI is InChI=1S/C28H30N4O2S/c1-19-13-15-24(16-14-19)34-18-25-30-31-28(32(25)17-23-11-6-5-7-12-23)35-22(4)27(33)29-26-20(2)9-8-10-21(26)3/h5-16,22H,17-18H2,1-4H3,(H,29,33). The normalized spacial score (nSPS) is 11.8. The molecule has 0 bridgehead atoms. The van der Waals surface area contributed by atoms with Gasteiger partial charge in [-0.1, -0.05) is 78.0 Å². The van der Waals surface area contributed by atoms with Crippen molar-refractivity contribution in [3.8, 4) is 5.75 Å². The third-order valence-electron chi connectivity index (χ3n) is 5.75. The maximum absolute atomic E-state index is 13.0. The molecule has 4 aromatic rings. The molecule has 1 heterocycles. The highest BCUT2D eigenvalue weighted by Crippen LogP contribution is 2.27. The number of rotatable bonds is 9. The Morgan fingerprint density at radius 2 is 1.63 bits per heavy atom. The average Bonchev–Trinajstić information content (AvgIpc) is 3.22. The summed E-state index contributed by atoms with van der Waals surface area (Å²) < 4.78 is 8.01. The molecule has 1 unspecified atom stereocenters. The first kappa shape index (κ1) is 24.5. The predicted molar refractivity (Wildman–Crippen MR) is 141 cm³/mol. The van der Waals surface area contributed by atoms with Gasteiger partial charge in [-0.05, 0) is 56.5 Å². The molecule has 0 fully saturated rings. The van der Waals surface area contributed by atoms with Crippen LogP contribution in [0.25, 0.3) is 0 Å². The van der Waals surface area contributed by atoms with Crippen molar-refractivity contribution in [2.45, 2.75) is 51.3 Å². The number of thioether (sulfide) groups is 1. The van der Waals surface area contributed by atoms with Gasteiger partial charge < -0.3 is 10.1 Å². The van der Waals surface area contributed by atoms with Crippen LogP contribution < -0.4 is 10.1 Å². The van der Waals surface area contributed by atoms with Gasteiger partial charge in [0.1, 0.15) is 12.4 Å². The third kappa shape index (κ3) is 6.31. The second kappa shape index (κ2) is 11.2. The van der Waals surface area contributed by atoms with Crippen LogP contribution in [-0.4, -0.2) is 25.9 Å². The van der Waals surface area contributed by atoms with Crippen LogP contribution in [-0.2, 0) is 17.9 Å². The summed E-state index contributed by atoms with van der Waals surface area (Å²) in [6, 6.07) is 24.1. The predicted octanol–water partition coefficient (Wildman–Crippen LogP) is 5.95. The lowest BCUT2D eigenvalue weighted by molar-refractivity contribution is -0.115. The van der Waals surface area contributed by atoms with Crippen LogP contribution in [0.3, 0.4) is 0 Å². The number of para-hydroxylation sites is 1. The maximum atomic E-state index is 13.0. The fourth-order valence-corrected chi connectivity index (χ4v) is 4.54. The minimum Gasteiger partial charge on any atom is -0.486 e. The van der Waals surface area contributed by atoms with Gasteiger partial charge in [0.05, 0.1) is 11.8 Å². The van der Waals surface area contributed by atoms with E-state index in [1.165, 1.54) is 17.3 Å². The van der Waals surface area contributed by atoms with Crippen LogP contribution in [0.15, 0.2) is 78.0 Å². The van der Waals surface area contributed by atoms with Crippen LogP contribution in [0.4, 0.5) is 5.69 Å². The van der Waals surface area contributed by atoms with Gasteiger partial charge in [-0.25, -0.2) is 0 Å². The quantitative estimate of drug-likeness (QED) is 0.296. The number of hydrogen-bond donors (Lipinski definition) is 1. The van der Waals surface area contributed by atoms with Crippen molar-refractivity contribution >= 4 is 23.4 Å². The molecule has 1 aromatic heterocycles. The zero-order chi connectivity index (χ0) is 24.8. The van der Waals surface area contributed by atoms with E-state index < -0.39 is 0 Å². The highest BCUT2D eigenvalue weighted by atomic mass is 32.2. The van der Waals surface area contributed by atoms with E-state index in [2.05, 4.69) is 27.6 Å². The molecular weight excluding hydrogens is 456 g/mol. The van der Waals surface area contributed by atoms with Crippen LogP contribution >= 0.6 is 11.8 Å². The summed E-state index contributed by atoms with van der Waals surface area (Å²) in [6.07, 6.45) is 0. The first-order valence-corrected chi connectivity index (χ1v) is 12.5. The number of aromatic nitrogens is 3. The molecule has 6 nitrogen and oxygen atoms in total. The van der Waals surface area contributed by atoms with Crippen LogP contribution in [0.5, 0.6) is 5.75 Å². The molecule has 0 aliphatic heterocycles. The molecule has 1 N–H and O–H groups in total. The number of amides is 1. The van der Waals surface area contributed by atoms with Crippen LogP contribution in [0, 0.1) is 20.8 Å².